The van der Waals surface area contributed by atoms with E-state index in [1.54, 1.807) is 6.07 Å². The lowest BCUT2D eigenvalue weighted by molar-refractivity contribution is 0.0950. The molecule has 160 valence electrons. The molecule has 0 bridgehead atoms. The minimum Gasteiger partial charge on any atom is -0.272 e. The predicted molar refractivity (Wildman–Crippen MR) is 133 cm³/mol. The molecule has 1 aliphatic carbocycles. The standard InChI is InChI=1S/C28H22N4O/c1-17(21-10-4-7-18-6-2-3-9-22(18)21)29-32-28(33)26-16-25(30-31-26)23-15-14-20-13-12-19-8-5-11-24(23)27(19)20/h2-11,14-16H,12-13H2,1H3,(H,30,31)(H,32,33). The van der Waals surface area contributed by atoms with Crippen LogP contribution in [-0.4, -0.2) is 21.8 Å². The van der Waals surface area contributed by atoms with Crippen LogP contribution in [0.1, 0.15) is 34.1 Å². The number of aryl methyl sites for hydroxylation is 2. The van der Waals surface area contributed by atoms with Gasteiger partial charge in [0, 0.05) is 11.1 Å². The van der Waals surface area contributed by atoms with E-state index < -0.39 is 0 Å². The zero-order chi connectivity index (χ0) is 22.4. The van der Waals surface area contributed by atoms with E-state index in [-0.39, 0.29) is 5.91 Å². The summed E-state index contributed by atoms with van der Waals surface area (Å²) in [4.78, 5) is 12.8. The van der Waals surface area contributed by atoms with Crippen LogP contribution in [0, 0.1) is 0 Å². The third-order valence-electron chi connectivity index (χ3n) is 6.48. The minimum atomic E-state index is -0.320. The number of rotatable bonds is 4. The second-order valence-electron chi connectivity index (χ2n) is 8.44. The van der Waals surface area contributed by atoms with Gasteiger partial charge in [0.1, 0.15) is 5.69 Å². The van der Waals surface area contributed by atoms with Gasteiger partial charge < -0.3 is 0 Å². The topological polar surface area (TPSA) is 70.1 Å². The van der Waals surface area contributed by atoms with E-state index in [0.717, 1.165) is 46.1 Å². The van der Waals surface area contributed by atoms with Crippen molar-refractivity contribution in [1.82, 2.24) is 15.6 Å². The van der Waals surface area contributed by atoms with Gasteiger partial charge in [0.25, 0.3) is 5.91 Å². The summed E-state index contributed by atoms with van der Waals surface area (Å²) in [6, 6.07) is 26.7. The molecule has 1 aliphatic rings. The maximum atomic E-state index is 12.8. The Kier molecular flexibility index (Phi) is 4.54. The molecule has 5 nitrogen and oxygen atoms in total. The fourth-order valence-electron chi connectivity index (χ4n) is 4.84. The van der Waals surface area contributed by atoms with E-state index in [4.69, 9.17) is 0 Å². The summed E-state index contributed by atoms with van der Waals surface area (Å²) >= 11 is 0. The summed E-state index contributed by atoms with van der Waals surface area (Å²) < 4.78 is 0. The summed E-state index contributed by atoms with van der Waals surface area (Å²) in [5.41, 5.74) is 9.34. The van der Waals surface area contributed by atoms with Gasteiger partial charge in [-0.15, -0.1) is 0 Å². The molecule has 5 aromatic rings. The zero-order valence-corrected chi connectivity index (χ0v) is 18.2. The first kappa shape index (κ1) is 19.4. The third-order valence-corrected chi connectivity index (χ3v) is 6.48. The number of aromatic amines is 1. The van der Waals surface area contributed by atoms with E-state index in [1.807, 2.05) is 31.2 Å². The number of nitrogens with zero attached hydrogens (tertiary/aromatic N) is 2. The van der Waals surface area contributed by atoms with E-state index in [0.29, 0.717) is 5.69 Å². The van der Waals surface area contributed by atoms with Crippen LogP contribution in [0.25, 0.3) is 32.8 Å². The number of nitrogens with one attached hydrogen (secondary N) is 2. The van der Waals surface area contributed by atoms with Crippen molar-refractivity contribution < 1.29 is 4.79 Å². The molecule has 0 saturated heterocycles. The van der Waals surface area contributed by atoms with E-state index in [9.17, 15) is 4.79 Å². The molecule has 2 N–H and O–H groups in total. The Balaban J connectivity index is 1.28. The Morgan fingerprint density at radius 1 is 0.909 bits per heavy atom. The van der Waals surface area contributed by atoms with Gasteiger partial charge in [-0.25, -0.2) is 5.43 Å². The summed E-state index contributed by atoms with van der Waals surface area (Å²) in [6.07, 6.45) is 2.16. The second-order valence-corrected chi connectivity index (χ2v) is 8.44. The highest BCUT2D eigenvalue weighted by atomic mass is 16.2. The Morgan fingerprint density at radius 2 is 1.67 bits per heavy atom. The van der Waals surface area contributed by atoms with Gasteiger partial charge >= 0.3 is 0 Å². The molecular weight excluding hydrogens is 408 g/mol. The van der Waals surface area contributed by atoms with Crippen molar-refractivity contribution in [2.75, 3.05) is 0 Å². The first-order valence-electron chi connectivity index (χ1n) is 11.1. The molecule has 0 saturated carbocycles. The van der Waals surface area contributed by atoms with Crippen molar-refractivity contribution >= 4 is 33.2 Å². The number of H-pyrrole nitrogens is 1. The normalized spacial score (nSPS) is 13.1. The number of hydrogen-bond acceptors (Lipinski definition) is 3. The molecule has 1 heterocycles. The molecule has 5 heteroatoms. The second kappa shape index (κ2) is 7.71. The van der Waals surface area contributed by atoms with Gasteiger partial charge in [0.15, 0.2) is 0 Å². The molecule has 6 rings (SSSR count). The van der Waals surface area contributed by atoms with Crippen molar-refractivity contribution in [2.24, 2.45) is 5.10 Å². The summed E-state index contributed by atoms with van der Waals surface area (Å²) in [7, 11) is 0. The molecule has 1 aromatic heterocycles. The highest BCUT2D eigenvalue weighted by Crippen LogP contribution is 2.36. The van der Waals surface area contributed by atoms with Crippen LogP contribution < -0.4 is 5.43 Å². The molecule has 0 aliphatic heterocycles. The number of benzene rings is 4. The molecule has 0 atom stereocenters. The predicted octanol–water partition coefficient (Wildman–Crippen LogP) is 5.64. The van der Waals surface area contributed by atoms with Gasteiger partial charge in [-0.3, -0.25) is 9.89 Å². The average molecular weight is 431 g/mol. The lowest BCUT2D eigenvalue weighted by atomic mass is 9.98. The zero-order valence-electron chi connectivity index (χ0n) is 18.2. The van der Waals surface area contributed by atoms with E-state index in [2.05, 4.69) is 69.3 Å². The Hall–Kier alpha value is -4.25. The van der Waals surface area contributed by atoms with Gasteiger partial charge in [0.2, 0.25) is 0 Å². The SMILES string of the molecule is CC(=NNC(=O)c1cc(-c2ccc3c4c(cccc24)CC3)n[nH]1)c1cccc2ccccc12. The van der Waals surface area contributed by atoms with Gasteiger partial charge in [-0.05, 0) is 58.5 Å². The number of aromatic nitrogens is 2. The van der Waals surface area contributed by atoms with Crippen LogP contribution in [-0.2, 0) is 12.8 Å². The van der Waals surface area contributed by atoms with Crippen LogP contribution >= 0.6 is 0 Å². The monoisotopic (exact) mass is 430 g/mol. The molecule has 0 radical (unpaired) electrons. The molecule has 0 fully saturated rings. The van der Waals surface area contributed by atoms with Crippen molar-refractivity contribution in [3.63, 3.8) is 0 Å². The Morgan fingerprint density at radius 3 is 2.58 bits per heavy atom. The van der Waals surface area contributed by atoms with Crippen LogP contribution in [0.4, 0.5) is 0 Å². The maximum absolute atomic E-state index is 12.8. The fraction of sp³-hybridized carbons (Fsp3) is 0.107. The number of fused-ring (bicyclic) bond motifs is 1. The lowest BCUT2D eigenvalue weighted by Gasteiger charge is -2.07. The average Bonchev–Trinajstić information content (AvgIpc) is 3.51. The van der Waals surface area contributed by atoms with Crippen molar-refractivity contribution in [2.45, 2.75) is 19.8 Å². The molecule has 1 amide bonds. The van der Waals surface area contributed by atoms with Gasteiger partial charge in [-0.1, -0.05) is 72.8 Å². The maximum Gasteiger partial charge on any atom is 0.289 e. The van der Waals surface area contributed by atoms with Gasteiger partial charge in [0.05, 0.1) is 11.4 Å². The van der Waals surface area contributed by atoms with Crippen LogP contribution in [0.15, 0.2) is 84.0 Å². The molecule has 0 unspecified atom stereocenters. The van der Waals surface area contributed by atoms with Crippen LogP contribution in [0.2, 0.25) is 0 Å². The van der Waals surface area contributed by atoms with E-state index in [1.165, 1.54) is 21.9 Å². The molecule has 4 aromatic carbocycles. The number of carbonyl (C=O) groups excluding carboxylic acids is 1. The summed E-state index contributed by atoms with van der Waals surface area (Å²) in [6.45, 7) is 1.90. The van der Waals surface area contributed by atoms with Crippen molar-refractivity contribution in [3.05, 3.63) is 101 Å². The van der Waals surface area contributed by atoms with Crippen LogP contribution in [0.3, 0.4) is 0 Å². The smallest absolute Gasteiger partial charge is 0.272 e. The minimum absolute atomic E-state index is 0.320. The Bertz CT molecular complexity index is 1560. The number of carbonyl (C=O) groups is 1. The first-order chi connectivity index (χ1) is 16.2. The molecular formula is C28H22N4O. The fourth-order valence-corrected chi connectivity index (χ4v) is 4.84. The highest BCUT2D eigenvalue weighted by molar-refractivity contribution is 6.10. The number of hydrazone groups is 1. The van der Waals surface area contributed by atoms with Crippen LogP contribution in [0.5, 0.6) is 0 Å². The molecule has 0 spiro atoms. The highest BCUT2D eigenvalue weighted by Gasteiger charge is 2.18. The largest absolute Gasteiger partial charge is 0.289 e. The number of hydrogen-bond donors (Lipinski definition) is 2. The lowest BCUT2D eigenvalue weighted by Crippen LogP contribution is -2.19. The molecule has 33 heavy (non-hydrogen) atoms. The summed E-state index contributed by atoms with van der Waals surface area (Å²) in [5.74, 6) is -0.320. The van der Waals surface area contributed by atoms with Crippen molar-refractivity contribution in [1.29, 1.82) is 0 Å². The third kappa shape index (κ3) is 3.29. The summed E-state index contributed by atoms with van der Waals surface area (Å²) in [5, 5.41) is 16.4. The first-order valence-corrected chi connectivity index (χ1v) is 11.1. The Labute approximate surface area is 191 Å². The number of amides is 1. The van der Waals surface area contributed by atoms with E-state index >= 15 is 0 Å². The quantitative estimate of drug-likeness (QED) is 0.286. The van der Waals surface area contributed by atoms with Crippen molar-refractivity contribution in [3.8, 4) is 11.3 Å². The van der Waals surface area contributed by atoms with Gasteiger partial charge in [-0.2, -0.15) is 10.2 Å².